The van der Waals surface area contributed by atoms with Crippen LogP contribution in [0.1, 0.15) is 24.8 Å². The molecule has 0 N–H and O–H groups in total. The zero-order valence-electron chi connectivity index (χ0n) is 13.5. The number of hydrogen-bond donors (Lipinski definition) is 0. The molecule has 124 valence electrons. The van der Waals surface area contributed by atoms with Gasteiger partial charge in [0.1, 0.15) is 0 Å². The lowest BCUT2D eigenvalue weighted by Crippen LogP contribution is -2.40. The van der Waals surface area contributed by atoms with Gasteiger partial charge in [-0.25, -0.2) is 0 Å². The summed E-state index contributed by atoms with van der Waals surface area (Å²) in [7, 11) is 0. The summed E-state index contributed by atoms with van der Waals surface area (Å²) < 4.78 is 0.180. The number of hydrogen-bond acceptors (Lipinski definition) is 2. The summed E-state index contributed by atoms with van der Waals surface area (Å²) in [4.78, 5) is 2.49. The molecule has 2 nitrogen and oxygen atoms in total. The summed E-state index contributed by atoms with van der Waals surface area (Å²) in [6.07, 6.45) is 2.86. The fourth-order valence-electron chi connectivity index (χ4n) is 3.16. The van der Waals surface area contributed by atoms with Crippen LogP contribution in [0.15, 0.2) is 48.5 Å². The fraction of sp³-hybridized carbons (Fsp3) is 0.350. The van der Waals surface area contributed by atoms with E-state index >= 15 is 0 Å². The summed E-state index contributed by atoms with van der Waals surface area (Å²) in [6.45, 7) is 3.12. The Hall–Kier alpha value is -1.09. The van der Waals surface area contributed by atoms with E-state index in [0.29, 0.717) is 6.42 Å². The van der Waals surface area contributed by atoms with Crippen molar-refractivity contribution in [2.75, 3.05) is 13.1 Å². The Kier molecular flexibility index (Phi) is 5.80. The van der Waals surface area contributed by atoms with Gasteiger partial charge in [-0.2, -0.15) is 5.26 Å². The quantitative estimate of drug-likeness (QED) is 0.442. The van der Waals surface area contributed by atoms with E-state index in [0.717, 1.165) is 43.1 Å². The molecular weight excluding hydrogens is 431 g/mol. The Morgan fingerprint density at radius 2 is 1.79 bits per heavy atom. The van der Waals surface area contributed by atoms with E-state index in [-0.39, 0.29) is 3.42 Å². The van der Waals surface area contributed by atoms with E-state index < -0.39 is 0 Å². The van der Waals surface area contributed by atoms with E-state index in [1.807, 2.05) is 18.2 Å². The lowest BCUT2D eigenvalue weighted by atomic mass is 9.93. The molecule has 3 rings (SSSR count). The zero-order chi connectivity index (χ0) is 17.0. The lowest BCUT2D eigenvalue weighted by molar-refractivity contribution is 0.199. The van der Waals surface area contributed by atoms with Crippen LogP contribution in [0.3, 0.4) is 0 Å². The number of likely N-dealkylation sites (tertiary alicyclic amines) is 1. The Morgan fingerprint density at radius 3 is 2.42 bits per heavy atom. The van der Waals surface area contributed by atoms with Gasteiger partial charge in [0.15, 0.2) is 0 Å². The number of nitrogens with zero attached hydrogens (tertiary/aromatic N) is 2. The molecule has 4 heteroatoms. The molecule has 0 unspecified atom stereocenters. The highest BCUT2D eigenvalue weighted by molar-refractivity contribution is 14.1. The van der Waals surface area contributed by atoms with Crippen molar-refractivity contribution in [3.8, 4) is 17.2 Å². The Labute approximate surface area is 162 Å². The Balaban J connectivity index is 1.60. The molecule has 24 heavy (non-hydrogen) atoms. The SMILES string of the molecule is N#CCC1(I)CCN(Cc2ccc(-c3cccc(Cl)c3)cc2)CC1. The van der Waals surface area contributed by atoms with Gasteiger partial charge in [-0.05, 0) is 54.8 Å². The predicted octanol–water partition coefficient (Wildman–Crippen LogP) is 5.69. The monoisotopic (exact) mass is 450 g/mol. The average molecular weight is 451 g/mol. The smallest absolute Gasteiger partial charge is 0.0635 e. The maximum Gasteiger partial charge on any atom is 0.0635 e. The Bertz CT molecular complexity index is 728. The second-order valence-corrected chi connectivity index (χ2v) is 9.19. The third kappa shape index (κ3) is 4.50. The first-order valence-electron chi connectivity index (χ1n) is 8.21. The highest BCUT2D eigenvalue weighted by atomic mass is 127. The minimum absolute atomic E-state index is 0.180. The van der Waals surface area contributed by atoms with Gasteiger partial charge in [0, 0.05) is 21.4 Å². The molecule has 1 saturated heterocycles. The summed E-state index contributed by atoms with van der Waals surface area (Å²) >= 11 is 8.56. The molecule has 2 aromatic carbocycles. The maximum absolute atomic E-state index is 8.95. The van der Waals surface area contributed by atoms with Gasteiger partial charge in [-0.15, -0.1) is 0 Å². The second-order valence-electron chi connectivity index (χ2n) is 6.47. The average Bonchev–Trinajstić information content (AvgIpc) is 2.58. The number of alkyl halides is 1. The molecule has 0 aromatic heterocycles. The molecule has 0 atom stereocenters. The van der Waals surface area contributed by atoms with Crippen LogP contribution < -0.4 is 0 Å². The molecule has 1 aliphatic heterocycles. The molecule has 0 amide bonds. The van der Waals surface area contributed by atoms with Gasteiger partial charge in [0.25, 0.3) is 0 Å². The van der Waals surface area contributed by atoms with Gasteiger partial charge in [0.2, 0.25) is 0 Å². The molecular formula is C20H20ClIN2. The van der Waals surface area contributed by atoms with E-state index in [4.69, 9.17) is 16.9 Å². The standard InChI is InChI=1S/C20H20ClIN2/c21-19-3-1-2-18(14-19)17-6-4-16(5-7-17)15-24-12-9-20(22,8-11-23)10-13-24/h1-7,14H,8-10,12-13,15H2. The summed E-state index contributed by atoms with van der Waals surface area (Å²) in [5.74, 6) is 0. The summed E-state index contributed by atoms with van der Waals surface area (Å²) in [6, 6.07) is 19.0. The zero-order valence-corrected chi connectivity index (χ0v) is 16.4. The van der Waals surface area contributed by atoms with Crippen molar-refractivity contribution in [2.45, 2.75) is 29.2 Å². The molecule has 0 saturated carbocycles. The van der Waals surface area contributed by atoms with Crippen LogP contribution in [0.5, 0.6) is 0 Å². The number of benzene rings is 2. The molecule has 0 aliphatic carbocycles. The third-order valence-electron chi connectivity index (χ3n) is 4.67. The van der Waals surface area contributed by atoms with Crippen LogP contribution in [0, 0.1) is 11.3 Å². The molecule has 1 heterocycles. The first-order chi connectivity index (χ1) is 11.6. The minimum Gasteiger partial charge on any atom is -0.299 e. The van der Waals surface area contributed by atoms with E-state index in [9.17, 15) is 0 Å². The highest BCUT2D eigenvalue weighted by Crippen LogP contribution is 2.35. The number of rotatable bonds is 4. The Morgan fingerprint density at radius 1 is 1.08 bits per heavy atom. The number of halogens is 2. The van der Waals surface area contributed by atoms with Crippen molar-refractivity contribution in [2.24, 2.45) is 0 Å². The molecule has 0 spiro atoms. The number of nitriles is 1. The van der Waals surface area contributed by atoms with Crippen molar-refractivity contribution < 1.29 is 0 Å². The van der Waals surface area contributed by atoms with Gasteiger partial charge < -0.3 is 0 Å². The van der Waals surface area contributed by atoms with Gasteiger partial charge in [-0.1, -0.05) is 70.6 Å². The van der Waals surface area contributed by atoms with Crippen LogP contribution in [-0.2, 0) is 6.54 Å². The largest absolute Gasteiger partial charge is 0.299 e. The van der Waals surface area contributed by atoms with Crippen LogP contribution in [0.25, 0.3) is 11.1 Å². The van der Waals surface area contributed by atoms with Crippen LogP contribution >= 0.6 is 34.2 Å². The molecule has 2 aromatic rings. The van der Waals surface area contributed by atoms with Gasteiger partial charge in [-0.3, -0.25) is 4.90 Å². The minimum atomic E-state index is 0.180. The lowest BCUT2D eigenvalue weighted by Gasteiger charge is -2.36. The summed E-state index contributed by atoms with van der Waals surface area (Å²) in [5.41, 5.74) is 3.68. The van der Waals surface area contributed by atoms with Crippen molar-refractivity contribution >= 4 is 34.2 Å². The molecule has 1 aliphatic rings. The summed E-state index contributed by atoms with van der Waals surface area (Å²) in [5, 5.41) is 9.71. The van der Waals surface area contributed by atoms with Crippen molar-refractivity contribution in [3.05, 3.63) is 59.1 Å². The van der Waals surface area contributed by atoms with Crippen LogP contribution in [0.4, 0.5) is 0 Å². The second kappa shape index (κ2) is 7.86. The van der Waals surface area contributed by atoms with E-state index in [1.165, 1.54) is 11.1 Å². The first kappa shape index (κ1) is 17.7. The normalized spacial score (nSPS) is 17.4. The van der Waals surface area contributed by atoms with Crippen LogP contribution in [-0.4, -0.2) is 21.4 Å². The van der Waals surface area contributed by atoms with E-state index in [1.54, 1.807) is 0 Å². The van der Waals surface area contributed by atoms with E-state index in [2.05, 4.69) is 63.9 Å². The number of piperidine rings is 1. The van der Waals surface area contributed by atoms with Crippen molar-refractivity contribution in [3.63, 3.8) is 0 Å². The molecule has 0 bridgehead atoms. The maximum atomic E-state index is 8.95. The topological polar surface area (TPSA) is 27.0 Å². The van der Waals surface area contributed by atoms with Gasteiger partial charge >= 0.3 is 0 Å². The van der Waals surface area contributed by atoms with Crippen LogP contribution in [0.2, 0.25) is 5.02 Å². The van der Waals surface area contributed by atoms with Crippen molar-refractivity contribution in [1.29, 1.82) is 5.26 Å². The fourth-order valence-corrected chi connectivity index (χ4v) is 4.00. The van der Waals surface area contributed by atoms with Gasteiger partial charge in [0.05, 0.1) is 6.07 Å². The first-order valence-corrected chi connectivity index (χ1v) is 9.67. The molecule has 0 radical (unpaired) electrons. The third-order valence-corrected chi connectivity index (χ3v) is 6.36. The molecule has 1 fully saturated rings. The van der Waals surface area contributed by atoms with Crippen molar-refractivity contribution in [1.82, 2.24) is 4.90 Å². The highest BCUT2D eigenvalue weighted by Gasteiger charge is 2.31. The predicted molar refractivity (Wildman–Crippen MR) is 108 cm³/mol.